The predicted octanol–water partition coefficient (Wildman–Crippen LogP) is 10.9. The molecule has 0 spiro atoms. The lowest BCUT2D eigenvalue weighted by Crippen LogP contribution is -2.00. The maximum absolute atomic E-state index is 5.11. The highest BCUT2D eigenvalue weighted by Crippen LogP contribution is 2.42. The number of para-hydroxylation sites is 2. The summed E-state index contributed by atoms with van der Waals surface area (Å²) in [4.78, 5) is 19.9. The van der Waals surface area contributed by atoms with Crippen molar-refractivity contribution in [2.24, 2.45) is 0 Å². The Balaban J connectivity index is 1.17. The van der Waals surface area contributed by atoms with E-state index in [2.05, 4.69) is 95.4 Å². The minimum Gasteiger partial charge on any atom is -0.290 e. The molecular formula is C42H25N5S. The van der Waals surface area contributed by atoms with E-state index in [4.69, 9.17) is 19.9 Å². The molecule has 0 radical (unpaired) electrons. The zero-order valence-corrected chi connectivity index (χ0v) is 26.4. The third-order valence-electron chi connectivity index (χ3n) is 9.01. The lowest BCUT2D eigenvalue weighted by molar-refractivity contribution is 1.07. The summed E-state index contributed by atoms with van der Waals surface area (Å²) in [6.45, 7) is 0. The molecule has 10 rings (SSSR count). The molecule has 0 N–H and O–H groups in total. The minimum atomic E-state index is 0.643. The fraction of sp³-hybridized carbons (Fsp3) is 0. The molecule has 0 aliphatic rings. The second-order valence-electron chi connectivity index (χ2n) is 11.9. The molecule has 224 valence electrons. The third kappa shape index (κ3) is 4.24. The third-order valence-corrected chi connectivity index (χ3v) is 10.2. The van der Waals surface area contributed by atoms with Gasteiger partial charge in [0, 0.05) is 37.5 Å². The van der Waals surface area contributed by atoms with E-state index in [1.807, 2.05) is 72.0 Å². The first-order valence-corrected chi connectivity index (χ1v) is 16.7. The molecule has 0 atom stereocenters. The van der Waals surface area contributed by atoms with Gasteiger partial charge in [0.1, 0.15) is 5.65 Å². The number of nitrogens with zero attached hydrogens (tertiary/aromatic N) is 5. The van der Waals surface area contributed by atoms with Gasteiger partial charge in [0.25, 0.3) is 0 Å². The molecule has 6 aromatic carbocycles. The van der Waals surface area contributed by atoms with Crippen molar-refractivity contribution in [1.82, 2.24) is 24.3 Å². The Morgan fingerprint density at radius 1 is 0.417 bits per heavy atom. The number of thiophene rings is 1. The van der Waals surface area contributed by atoms with E-state index in [9.17, 15) is 0 Å². The highest BCUT2D eigenvalue weighted by Gasteiger charge is 2.19. The molecule has 0 aliphatic carbocycles. The summed E-state index contributed by atoms with van der Waals surface area (Å²) < 4.78 is 4.87. The van der Waals surface area contributed by atoms with Crippen LogP contribution in [0.1, 0.15) is 0 Å². The molecule has 0 amide bonds. The average Bonchev–Trinajstić information content (AvgIpc) is 3.74. The van der Waals surface area contributed by atoms with E-state index in [1.165, 1.54) is 31.1 Å². The monoisotopic (exact) mass is 631 g/mol. The van der Waals surface area contributed by atoms with Gasteiger partial charge in [-0.05, 0) is 41.5 Å². The predicted molar refractivity (Wildman–Crippen MR) is 198 cm³/mol. The van der Waals surface area contributed by atoms with Gasteiger partial charge in [0.15, 0.2) is 17.5 Å². The lowest BCUT2D eigenvalue weighted by Gasteiger charge is -2.10. The summed E-state index contributed by atoms with van der Waals surface area (Å²) in [5, 5.41) is 3.62. The smallest absolute Gasteiger partial charge is 0.164 e. The highest BCUT2D eigenvalue weighted by atomic mass is 32.1. The van der Waals surface area contributed by atoms with Crippen LogP contribution in [0, 0.1) is 0 Å². The second-order valence-corrected chi connectivity index (χ2v) is 13.0. The molecular weight excluding hydrogens is 607 g/mol. The van der Waals surface area contributed by atoms with Crippen molar-refractivity contribution in [3.63, 3.8) is 0 Å². The van der Waals surface area contributed by atoms with Crippen molar-refractivity contribution in [3.05, 3.63) is 152 Å². The van der Waals surface area contributed by atoms with Crippen LogP contribution < -0.4 is 0 Å². The largest absolute Gasteiger partial charge is 0.290 e. The van der Waals surface area contributed by atoms with E-state index >= 15 is 0 Å². The van der Waals surface area contributed by atoms with Gasteiger partial charge in [-0.3, -0.25) is 4.40 Å². The van der Waals surface area contributed by atoms with E-state index in [1.54, 1.807) is 0 Å². The van der Waals surface area contributed by atoms with Crippen molar-refractivity contribution >= 4 is 59.1 Å². The first-order valence-electron chi connectivity index (χ1n) is 15.9. The Morgan fingerprint density at radius 2 is 1.00 bits per heavy atom. The highest BCUT2D eigenvalue weighted by molar-refractivity contribution is 7.26. The fourth-order valence-electron chi connectivity index (χ4n) is 6.75. The van der Waals surface area contributed by atoms with Crippen molar-refractivity contribution < 1.29 is 0 Å². The van der Waals surface area contributed by atoms with Gasteiger partial charge in [-0.25, -0.2) is 19.9 Å². The summed E-state index contributed by atoms with van der Waals surface area (Å²) in [7, 11) is 0. The number of imidazole rings is 1. The summed E-state index contributed by atoms with van der Waals surface area (Å²) >= 11 is 1.85. The van der Waals surface area contributed by atoms with E-state index in [-0.39, 0.29) is 0 Å². The van der Waals surface area contributed by atoms with Crippen molar-refractivity contribution in [1.29, 1.82) is 0 Å². The van der Waals surface area contributed by atoms with Gasteiger partial charge < -0.3 is 0 Å². The summed E-state index contributed by atoms with van der Waals surface area (Å²) in [6, 6.07) is 52.6. The number of rotatable bonds is 4. The number of aromatic nitrogens is 5. The normalized spacial score (nSPS) is 11.8. The van der Waals surface area contributed by atoms with Crippen LogP contribution in [0.3, 0.4) is 0 Å². The zero-order valence-electron chi connectivity index (χ0n) is 25.6. The molecule has 10 aromatic rings. The van der Waals surface area contributed by atoms with Gasteiger partial charge >= 0.3 is 0 Å². The number of pyridine rings is 1. The molecule has 48 heavy (non-hydrogen) atoms. The van der Waals surface area contributed by atoms with Gasteiger partial charge in [-0.2, -0.15) is 0 Å². The Hall–Kier alpha value is -6.24. The van der Waals surface area contributed by atoms with Gasteiger partial charge in [0.05, 0.1) is 21.3 Å². The molecule has 6 heteroatoms. The van der Waals surface area contributed by atoms with Crippen molar-refractivity contribution in [3.8, 4) is 45.3 Å². The molecule has 0 saturated heterocycles. The van der Waals surface area contributed by atoms with E-state index in [0.717, 1.165) is 44.5 Å². The molecule has 0 aliphatic heterocycles. The number of fused-ring (bicyclic) bond motifs is 10. The minimum absolute atomic E-state index is 0.643. The number of hydrogen-bond acceptors (Lipinski definition) is 5. The van der Waals surface area contributed by atoms with Gasteiger partial charge in [0.2, 0.25) is 0 Å². The quantitative estimate of drug-likeness (QED) is 0.194. The van der Waals surface area contributed by atoms with Crippen LogP contribution in [0.4, 0.5) is 0 Å². The topological polar surface area (TPSA) is 56.0 Å². The molecule has 0 saturated carbocycles. The van der Waals surface area contributed by atoms with Crippen molar-refractivity contribution in [2.75, 3.05) is 0 Å². The second kappa shape index (κ2) is 10.7. The van der Waals surface area contributed by atoms with Crippen LogP contribution >= 0.6 is 11.3 Å². The van der Waals surface area contributed by atoms with Crippen molar-refractivity contribution in [2.45, 2.75) is 0 Å². The average molecular weight is 632 g/mol. The zero-order chi connectivity index (χ0) is 31.6. The number of hydrogen-bond donors (Lipinski definition) is 0. The maximum Gasteiger partial charge on any atom is 0.164 e. The SMILES string of the molecule is c1ccc(-c2nc(-c3ccccc3)nc(-c3cccc(-c4ccc5sc6c7ccccc7c7nc8ccccc8n7c6c5c4)c3)n2)cc1. The Kier molecular flexibility index (Phi) is 5.98. The van der Waals surface area contributed by atoms with E-state index < -0.39 is 0 Å². The number of benzene rings is 6. The molecule has 0 unspecified atom stereocenters. The van der Waals surface area contributed by atoms with Crippen LogP contribution in [-0.4, -0.2) is 24.3 Å². The van der Waals surface area contributed by atoms with Crippen LogP contribution in [0.2, 0.25) is 0 Å². The summed E-state index contributed by atoms with van der Waals surface area (Å²) in [6.07, 6.45) is 0. The molecule has 0 bridgehead atoms. The van der Waals surface area contributed by atoms with Gasteiger partial charge in [-0.1, -0.05) is 121 Å². The summed E-state index contributed by atoms with van der Waals surface area (Å²) in [5.74, 6) is 1.95. The van der Waals surface area contributed by atoms with Crippen LogP contribution in [0.15, 0.2) is 152 Å². The lowest BCUT2D eigenvalue weighted by atomic mass is 10.0. The Bertz CT molecular complexity index is 2780. The molecule has 0 fully saturated rings. The first-order chi connectivity index (χ1) is 23.8. The Morgan fingerprint density at radius 3 is 1.75 bits per heavy atom. The Labute approximate surface area is 279 Å². The molecule has 5 nitrogen and oxygen atoms in total. The molecule has 4 aromatic heterocycles. The summed E-state index contributed by atoms with van der Waals surface area (Å²) in [5.41, 5.74) is 9.39. The standard InChI is InChI=1S/C42H25N5S/c1-3-12-26(13-4-1)39-44-40(27-14-5-2-6-15-27)46-41(45-39)30-17-11-16-28(24-30)29-22-23-36-33(25-29)37-38(48-36)31-18-7-8-19-32(31)42-43-34-20-9-10-21-35(34)47(37)42/h1-25H. The fourth-order valence-corrected chi connectivity index (χ4v) is 7.96. The van der Waals surface area contributed by atoms with Gasteiger partial charge in [-0.15, -0.1) is 11.3 Å². The maximum atomic E-state index is 5.11. The van der Waals surface area contributed by atoms with Crippen LogP contribution in [0.25, 0.3) is 93.0 Å². The molecule has 4 heterocycles. The van der Waals surface area contributed by atoms with Crippen LogP contribution in [0.5, 0.6) is 0 Å². The first kappa shape index (κ1) is 26.9. The van der Waals surface area contributed by atoms with Crippen LogP contribution in [-0.2, 0) is 0 Å². The van der Waals surface area contributed by atoms with E-state index in [0.29, 0.717) is 17.5 Å².